The second kappa shape index (κ2) is 5.69. The standard InChI is InChI=1S/C16H22FNO2S/c1-11(16-9-12-5-6-14(16)7-12)18-21(19,20)10-13-3-2-4-15(17)8-13/h2-4,8,11-12,14,16,18H,5-7,9-10H2,1H3. The van der Waals surface area contributed by atoms with E-state index >= 15 is 0 Å². The normalized spacial score (nSPS) is 29.7. The van der Waals surface area contributed by atoms with Gasteiger partial charge in [0.2, 0.25) is 10.0 Å². The maximum atomic E-state index is 13.1. The first kappa shape index (κ1) is 15.0. The van der Waals surface area contributed by atoms with Crippen LogP contribution >= 0.6 is 0 Å². The summed E-state index contributed by atoms with van der Waals surface area (Å²) in [6.07, 6.45) is 4.96. The molecular formula is C16H22FNO2S. The van der Waals surface area contributed by atoms with Crippen LogP contribution in [-0.2, 0) is 15.8 Å². The lowest BCUT2D eigenvalue weighted by atomic mass is 9.84. The highest BCUT2D eigenvalue weighted by Gasteiger charge is 2.42. The highest BCUT2D eigenvalue weighted by molar-refractivity contribution is 7.88. The average molecular weight is 311 g/mol. The Morgan fingerprint density at radius 1 is 1.33 bits per heavy atom. The average Bonchev–Trinajstić information content (AvgIpc) is 2.99. The molecule has 0 aromatic heterocycles. The molecule has 4 unspecified atom stereocenters. The molecule has 0 saturated heterocycles. The Hall–Kier alpha value is -0.940. The smallest absolute Gasteiger partial charge is 0.212 e. The minimum Gasteiger partial charge on any atom is -0.212 e. The highest BCUT2D eigenvalue weighted by atomic mass is 32.2. The number of sulfonamides is 1. The Morgan fingerprint density at radius 3 is 2.76 bits per heavy atom. The van der Waals surface area contributed by atoms with Crippen molar-refractivity contribution in [2.75, 3.05) is 0 Å². The zero-order chi connectivity index (χ0) is 15.0. The summed E-state index contributed by atoms with van der Waals surface area (Å²) in [4.78, 5) is 0. The third-order valence-electron chi connectivity index (χ3n) is 5.05. The molecule has 4 atom stereocenters. The van der Waals surface area contributed by atoms with Crippen LogP contribution in [0.5, 0.6) is 0 Å². The summed E-state index contributed by atoms with van der Waals surface area (Å²) in [5, 5.41) is 0. The predicted molar refractivity (Wildman–Crippen MR) is 80.6 cm³/mol. The minimum absolute atomic E-state index is 0.0288. The first-order valence-corrected chi connectivity index (χ1v) is 9.32. The Balaban J connectivity index is 1.63. The van der Waals surface area contributed by atoms with Crippen LogP contribution in [0.4, 0.5) is 4.39 Å². The van der Waals surface area contributed by atoms with E-state index in [0.717, 1.165) is 12.3 Å². The fourth-order valence-electron chi connectivity index (χ4n) is 4.16. The second-order valence-electron chi connectivity index (χ2n) is 6.63. The van der Waals surface area contributed by atoms with Crippen LogP contribution in [0.2, 0.25) is 0 Å². The molecule has 0 heterocycles. The van der Waals surface area contributed by atoms with E-state index in [1.807, 2.05) is 6.92 Å². The minimum atomic E-state index is -3.42. The van der Waals surface area contributed by atoms with Gasteiger partial charge >= 0.3 is 0 Å². The maximum absolute atomic E-state index is 13.1. The van der Waals surface area contributed by atoms with Gasteiger partial charge in [-0.3, -0.25) is 0 Å². The molecular weight excluding hydrogens is 289 g/mol. The Bertz CT molecular complexity index is 616. The van der Waals surface area contributed by atoms with Gasteiger partial charge in [-0.05, 0) is 61.6 Å². The van der Waals surface area contributed by atoms with E-state index in [9.17, 15) is 12.8 Å². The number of hydrogen-bond acceptors (Lipinski definition) is 2. The van der Waals surface area contributed by atoms with Crippen molar-refractivity contribution >= 4 is 10.0 Å². The molecule has 2 fully saturated rings. The number of benzene rings is 1. The Kier molecular flexibility index (Phi) is 4.06. The molecule has 3 rings (SSSR count). The maximum Gasteiger partial charge on any atom is 0.216 e. The van der Waals surface area contributed by atoms with E-state index in [4.69, 9.17) is 0 Å². The highest BCUT2D eigenvalue weighted by Crippen LogP contribution is 2.49. The predicted octanol–water partition coefficient (Wildman–Crippen LogP) is 3.07. The molecule has 2 aliphatic carbocycles. The van der Waals surface area contributed by atoms with Crippen molar-refractivity contribution in [1.82, 2.24) is 4.72 Å². The van der Waals surface area contributed by atoms with Crippen molar-refractivity contribution in [3.63, 3.8) is 0 Å². The molecule has 2 saturated carbocycles. The van der Waals surface area contributed by atoms with E-state index in [2.05, 4.69) is 4.72 Å². The number of halogens is 1. The van der Waals surface area contributed by atoms with Gasteiger partial charge in [-0.1, -0.05) is 18.6 Å². The van der Waals surface area contributed by atoms with Gasteiger partial charge in [0, 0.05) is 6.04 Å². The van der Waals surface area contributed by atoms with Gasteiger partial charge in [0.15, 0.2) is 0 Å². The quantitative estimate of drug-likeness (QED) is 0.908. The molecule has 2 aliphatic rings. The van der Waals surface area contributed by atoms with Crippen LogP contribution in [0.25, 0.3) is 0 Å². The zero-order valence-corrected chi connectivity index (χ0v) is 13.1. The number of hydrogen-bond donors (Lipinski definition) is 1. The van der Waals surface area contributed by atoms with Crippen LogP contribution in [0.3, 0.4) is 0 Å². The van der Waals surface area contributed by atoms with Crippen molar-refractivity contribution < 1.29 is 12.8 Å². The van der Waals surface area contributed by atoms with E-state index in [0.29, 0.717) is 17.4 Å². The largest absolute Gasteiger partial charge is 0.216 e. The van der Waals surface area contributed by atoms with E-state index in [1.54, 1.807) is 12.1 Å². The fourth-order valence-corrected chi connectivity index (χ4v) is 5.61. The topological polar surface area (TPSA) is 46.2 Å². The van der Waals surface area contributed by atoms with Crippen LogP contribution in [0.1, 0.15) is 38.2 Å². The third kappa shape index (κ3) is 3.46. The number of fused-ring (bicyclic) bond motifs is 2. The lowest BCUT2D eigenvalue weighted by Crippen LogP contribution is -2.40. The summed E-state index contributed by atoms with van der Waals surface area (Å²) >= 11 is 0. The van der Waals surface area contributed by atoms with Crippen LogP contribution in [0.15, 0.2) is 24.3 Å². The summed E-state index contributed by atoms with van der Waals surface area (Å²) in [7, 11) is -3.42. The molecule has 0 radical (unpaired) electrons. The van der Waals surface area contributed by atoms with Crippen molar-refractivity contribution in [1.29, 1.82) is 0 Å². The van der Waals surface area contributed by atoms with Crippen LogP contribution in [0, 0.1) is 23.6 Å². The molecule has 0 aliphatic heterocycles. The summed E-state index contributed by atoms with van der Waals surface area (Å²) in [6.45, 7) is 1.97. The van der Waals surface area contributed by atoms with Gasteiger partial charge < -0.3 is 0 Å². The molecule has 5 heteroatoms. The molecule has 3 nitrogen and oxygen atoms in total. The summed E-state index contributed by atoms with van der Waals surface area (Å²) in [5.41, 5.74) is 0.489. The number of nitrogens with one attached hydrogen (secondary N) is 1. The monoisotopic (exact) mass is 311 g/mol. The van der Waals surface area contributed by atoms with E-state index in [-0.39, 0.29) is 11.8 Å². The molecule has 1 N–H and O–H groups in total. The molecule has 21 heavy (non-hydrogen) atoms. The van der Waals surface area contributed by atoms with Crippen molar-refractivity contribution in [2.24, 2.45) is 17.8 Å². The van der Waals surface area contributed by atoms with Gasteiger partial charge in [-0.15, -0.1) is 0 Å². The molecule has 0 spiro atoms. The van der Waals surface area contributed by atoms with Crippen molar-refractivity contribution in [3.8, 4) is 0 Å². The van der Waals surface area contributed by atoms with Crippen molar-refractivity contribution in [3.05, 3.63) is 35.6 Å². The first-order chi connectivity index (χ1) is 9.93. The summed E-state index contributed by atoms with van der Waals surface area (Å²) in [6, 6.07) is 5.76. The SMILES string of the molecule is CC(NS(=O)(=O)Cc1cccc(F)c1)C1CC2CCC1C2. The molecule has 1 aromatic carbocycles. The van der Waals surface area contributed by atoms with E-state index in [1.165, 1.54) is 31.4 Å². The Morgan fingerprint density at radius 2 is 2.14 bits per heavy atom. The molecule has 1 aromatic rings. The zero-order valence-electron chi connectivity index (χ0n) is 12.3. The summed E-state index contributed by atoms with van der Waals surface area (Å²) in [5.74, 6) is 1.39. The van der Waals surface area contributed by atoms with Gasteiger partial charge in [-0.25, -0.2) is 17.5 Å². The van der Waals surface area contributed by atoms with Crippen molar-refractivity contribution in [2.45, 2.75) is 44.4 Å². The molecule has 116 valence electrons. The van der Waals surface area contributed by atoms with Gasteiger partial charge in [-0.2, -0.15) is 0 Å². The van der Waals surface area contributed by atoms with Crippen LogP contribution < -0.4 is 4.72 Å². The first-order valence-electron chi connectivity index (χ1n) is 7.67. The van der Waals surface area contributed by atoms with Gasteiger partial charge in [0.1, 0.15) is 5.82 Å². The van der Waals surface area contributed by atoms with Gasteiger partial charge in [0.25, 0.3) is 0 Å². The second-order valence-corrected chi connectivity index (χ2v) is 8.39. The Labute approximate surface area is 126 Å². The lowest BCUT2D eigenvalue weighted by molar-refractivity contribution is 0.280. The van der Waals surface area contributed by atoms with E-state index < -0.39 is 15.8 Å². The third-order valence-corrected chi connectivity index (χ3v) is 6.49. The summed E-state index contributed by atoms with van der Waals surface area (Å²) < 4.78 is 40.4. The molecule has 2 bridgehead atoms. The van der Waals surface area contributed by atoms with Crippen LogP contribution in [-0.4, -0.2) is 14.5 Å². The lowest BCUT2D eigenvalue weighted by Gasteiger charge is -2.28. The fraction of sp³-hybridized carbons (Fsp3) is 0.625. The molecule has 0 amide bonds. The number of rotatable bonds is 5. The van der Waals surface area contributed by atoms with Gasteiger partial charge in [0.05, 0.1) is 5.75 Å².